The number of halogens is 4. The van der Waals surface area contributed by atoms with Crippen molar-refractivity contribution in [3.63, 3.8) is 0 Å². The van der Waals surface area contributed by atoms with E-state index in [-0.39, 0.29) is 10.7 Å². The van der Waals surface area contributed by atoms with Crippen LogP contribution in [0.2, 0.25) is 0 Å². The largest absolute Gasteiger partial charge is 0.468 e. The van der Waals surface area contributed by atoms with Crippen molar-refractivity contribution in [2.45, 2.75) is 11.6 Å². The number of nitrogens with zero attached hydrogens (tertiary/aromatic N) is 1. The first kappa shape index (κ1) is 16.2. The number of ether oxygens (including phenoxy) is 1. The first-order valence-electron chi connectivity index (χ1n) is 5.95. The van der Waals surface area contributed by atoms with Gasteiger partial charge < -0.3 is 4.74 Å². The topological polar surface area (TPSA) is 55.7 Å². The number of alkyl halides is 3. The molecule has 1 aromatic rings. The highest BCUT2D eigenvalue weighted by molar-refractivity contribution is 6.36. The predicted molar refractivity (Wildman–Crippen MR) is 72.6 cm³/mol. The van der Waals surface area contributed by atoms with Crippen molar-refractivity contribution in [3.8, 4) is 0 Å². The molecule has 0 saturated carbocycles. The van der Waals surface area contributed by atoms with Crippen LogP contribution in [0.1, 0.15) is 11.1 Å². The molecule has 0 radical (unpaired) electrons. The Kier molecular flexibility index (Phi) is 4.10. The monoisotopic (exact) mass is 331 g/mol. The highest BCUT2D eigenvalue weighted by atomic mass is 35.5. The lowest BCUT2D eigenvalue weighted by molar-refractivity contribution is -0.147. The average Bonchev–Trinajstić information content (AvgIpc) is 2.46. The third-order valence-corrected chi connectivity index (χ3v) is 3.38. The number of carbonyl (C=O) groups excluding carboxylic acids is 2. The summed E-state index contributed by atoms with van der Waals surface area (Å²) in [4.78, 5) is 28.0. The number of esters is 1. The van der Waals surface area contributed by atoms with E-state index >= 15 is 0 Å². The van der Waals surface area contributed by atoms with Gasteiger partial charge in [-0.25, -0.2) is 4.99 Å². The summed E-state index contributed by atoms with van der Waals surface area (Å²) in [5.74, 6) is -1.86. The Hall–Kier alpha value is -2.15. The molecule has 0 bridgehead atoms. The number of allylic oxidation sites excluding steroid dienone is 1. The first-order chi connectivity index (χ1) is 10.2. The normalized spacial score (nSPS) is 21.5. The van der Waals surface area contributed by atoms with Crippen LogP contribution in [0.4, 0.5) is 13.2 Å². The molecule has 0 spiro atoms. The molecule has 0 aliphatic carbocycles. The molecule has 1 heterocycles. The molecule has 0 N–H and O–H groups in total. The third-order valence-electron chi connectivity index (χ3n) is 3.17. The zero-order valence-corrected chi connectivity index (χ0v) is 11.9. The number of aliphatic imine (C=N–C) groups is 1. The maximum atomic E-state index is 12.8. The smallest absolute Gasteiger partial charge is 0.416 e. The molecule has 8 heteroatoms. The van der Waals surface area contributed by atoms with Crippen LogP contribution in [0.15, 0.2) is 40.5 Å². The number of carbonyl (C=O) groups is 2. The van der Waals surface area contributed by atoms with Crippen molar-refractivity contribution in [1.82, 2.24) is 0 Å². The average molecular weight is 332 g/mol. The van der Waals surface area contributed by atoms with Crippen LogP contribution in [0.25, 0.3) is 0 Å². The number of rotatable bonds is 2. The Labute approximate surface area is 128 Å². The number of hydrogen-bond donors (Lipinski definition) is 0. The Morgan fingerprint density at radius 3 is 2.59 bits per heavy atom. The molecular weight excluding hydrogens is 323 g/mol. The van der Waals surface area contributed by atoms with Crippen LogP contribution in [0, 0.1) is 0 Å². The second-order valence-electron chi connectivity index (χ2n) is 4.47. The zero-order valence-electron chi connectivity index (χ0n) is 11.1. The van der Waals surface area contributed by atoms with Gasteiger partial charge in [0.2, 0.25) is 0 Å². The maximum absolute atomic E-state index is 12.8. The van der Waals surface area contributed by atoms with Gasteiger partial charge in [-0.1, -0.05) is 23.7 Å². The fourth-order valence-electron chi connectivity index (χ4n) is 2.07. The van der Waals surface area contributed by atoms with Gasteiger partial charge in [-0.3, -0.25) is 9.59 Å². The lowest BCUT2D eigenvalue weighted by Crippen LogP contribution is -2.46. The molecule has 116 valence electrons. The van der Waals surface area contributed by atoms with Crippen LogP contribution in [0.3, 0.4) is 0 Å². The first-order valence-corrected chi connectivity index (χ1v) is 6.32. The molecule has 22 heavy (non-hydrogen) atoms. The van der Waals surface area contributed by atoms with Crippen LogP contribution < -0.4 is 0 Å². The van der Waals surface area contributed by atoms with Crippen molar-refractivity contribution in [3.05, 3.63) is 46.6 Å². The Morgan fingerprint density at radius 2 is 2.05 bits per heavy atom. The molecule has 0 unspecified atom stereocenters. The second-order valence-corrected chi connectivity index (χ2v) is 4.85. The van der Waals surface area contributed by atoms with E-state index in [9.17, 15) is 22.8 Å². The fourth-order valence-corrected chi connectivity index (χ4v) is 2.22. The van der Waals surface area contributed by atoms with E-state index in [0.717, 1.165) is 31.5 Å². The molecule has 0 aromatic heterocycles. The molecule has 2 rings (SSSR count). The summed E-state index contributed by atoms with van der Waals surface area (Å²) in [6, 6.07) is 3.88. The van der Waals surface area contributed by atoms with E-state index in [2.05, 4.69) is 9.73 Å². The van der Waals surface area contributed by atoms with Crippen molar-refractivity contribution < 1.29 is 27.5 Å². The van der Waals surface area contributed by atoms with Gasteiger partial charge in [0.05, 0.1) is 12.7 Å². The van der Waals surface area contributed by atoms with Crippen LogP contribution in [-0.2, 0) is 25.9 Å². The third kappa shape index (κ3) is 2.64. The van der Waals surface area contributed by atoms with Gasteiger partial charge in [0.15, 0.2) is 11.2 Å². The predicted octanol–water partition coefficient (Wildman–Crippen LogP) is 2.85. The molecule has 1 aliphatic heterocycles. The van der Waals surface area contributed by atoms with E-state index < -0.39 is 28.9 Å². The van der Waals surface area contributed by atoms with Crippen molar-refractivity contribution in [2.24, 2.45) is 4.99 Å². The summed E-state index contributed by atoms with van der Waals surface area (Å²) in [7, 11) is 1.03. The van der Waals surface area contributed by atoms with Gasteiger partial charge in [-0.2, -0.15) is 13.2 Å². The summed E-state index contributed by atoms with van der Waals surface area (Å²) in [5, 5.41) is -0.170. The molecule has 1 atom stereocenters. The highest BCUT2D eigenvalue weighted by Crippen LogP contribution is 2.35. The van der Waals surface area contributed by atoms with Gasteiger partial charge in [0, 0.05) is 12.3 Å². The summed E-state index contributed by atoms with van der Waals surface area (Å²) < 4.78 is 43.1. The molecule has 1 aromatic carbocycles. The standard InChI is InChI=1S/C14H9ClF3NO3/c1-22-12(21)13(7-19-11(15)6-10(13)20)8-3-2-4-9(5-8)14(16,17)18/h2-7H,1H3/t13-/m0/s1. The Morgan fingerprint density at radius 1 is 1.36 bits per heavy atom. The summed E-state index contributed by atoms with van der Waals surface area (Å²) in [6.07, 6.45) is -2.84. The summed E-state index contributed by atoms with van der Waals surface area (Å²) in [6.45, 7) is 0. The Balaban J connectivity index is 2.65. The minimum atomic E-state index is -4.62. The summed E-state index contributed by atoms with van der Waals surface area (Å²) in [5.41, 5.74) is -3.26. The number of ketones is 1. The highest BCUT2D eigenvalue weighted by Gasteiger charge is 2.48. The number of hydrogen-bond acceptors (Lipinski definition) is 4. The van der Waals surface area contributed by atoms with E-state index in [0.29, 0.717) is 6.07 Å². The molecular formula is C14H9ClF3NO3. The van der Waals surface area contributed by atoms with Gasteiger partial charge in [0.25, 0.3) is 0 Å². The van der Waals surface area contributed by atoms with Crippen LogP contribution in [0.5, 0.6) is 0 Å². The lowest BCUT2D eigenvalue weighted by Gasteiger charge is -2.27. The fraction of sp³-hybridized carbons (Fsp3) is 0.214. The summed E-state index contributed by atoms with van der Waals surface area (Å²) >= 11 is 5.59. The van der Waals surface area contributed by atoms with Gasteiger partial charge in [0.1, 0.15) is 5.16 Å². The molecule has 4 nitrogen and oxygen atoms in total. The van der Waals surface area contributed by atoms with Crippen LogP contribution in [-0.4, -0.2) is 25.1 Å². The SMILES string of the molecule is COC(=O)[C@]1(c2cccc(C(F)(F)F)c2)C=NC(Cl)=CC1=O. The minimum Gasteiger partial charge on any atom is -0.468 e. The van der Waals surface area contributed by atoms with E-state index in [1.807, 2.05) is 0 Å². The zero-order chi connectivity index (χ0) is 16.5. The number of methoxy groups -OCH3 is 1. The lowest BCUT2D eigenvalue weighted by atomic mass is 9.76. The quantitative estimate of drug-likeness (QED) is 0.476. The number of benzene rings is 1. The molecule has 1 aliphatic rings. The minimum absolute atomic E-state index is 0.170. The van der Waals surface area contributed by atoms with E-state index in [4.69, 9.17) is 11.6 Å². The van der Waals surface area contributed by atoms with Crippen molar-refractivity contribution >= 4 is 29.6 Å². The molecule has 0 fully saturated rings. The van der Waals surface area contributed by atoms with Crippen molar-refractivity contribution in [2.75, 3.05) is 7.11 Å². The second kappa shape index (κ2) is 5.57. The van der Waals surface area contributed by atoms with Gasteiger partial charge in [-0.15, -0.1) is 0 Å². The van der Waals surface area contributed by atoms with Crippen LogP contribution >= 0.6 is 11.6 Å². The maximum Gasteiger partial charge on any atom is 0.416 e. The molecule has 0 amide bonds. The molecule has 0 saturated heterocycles. The van der Waals surface area contributed by atoms with Gasteiger partial charge >= 0.3 is 12.1 Å². The van der Waals surface area contributed by atoms with E-state index in [1.165, 1.54) is 6.07 Å². The van der Waals surface area contributed by atoms with Crippen molar-refractivity contribution in [1.29, 1.82) is 0 Å². The van der Waals surface area contributed by atoms with E-state index in [1.54, 1.807) is 0 Å². The Bertz CT molecular complexity index is 697. The van der Waals surface area contributed by atoms with Gasteiger partial charge in [-0.05, 0) is 17.7 Å².